The lowest BCUT2D eigenvalue weighted by Crippen LogP contribution is -2.23. The van der Waals surface area contributed by atoms with Crippen LogP contribution in [0.3, 0.4) is 0 Å². The summed E-state index contributed by atoms with van der Waals surface area (Å²) in [6.07, 6.45) is 7.53. The highest BCUT2D eigenvalue weighted by molar-refractivity contribution is 5.93. The Labute approximate surface area is 85.8 Å². The maximum absolute atomic E-state index is 11.5. The van der Waals surface area contributed by atoms with Gasteiger partial charge in [-0.1, -0.05) is 0 Å². The molecule has 0 spiro atoms. The van der Waals surface area contributed by atoms with E-state index in [2.05, 4.69) is 25.3 Å². The molecule has 76 valence electrons. The topological polar surface area (TPSA) is 83.6 Å². The van der Waals surface area contributed by atoms with Crippen LogP contribution in [-0.4, -0.2) is 25.8 Å². The summed E-state index contributed by atoms with van der Waals surface area (Å²) in [6.45, 7) is 0.410. The van der Waals surface area contributed by atoms with Crippen LogP contribution in [0.4, 0.5) is 0 Å². The Kier molecular flexibility index (Phi) is 2.68. The van der Waals surface area contributed by atoms with Crippen molar-refractivity contribution in [2.24, 2.45) is 0 Å². The van der Waals surface area contributed by atoms with E-state index < -0.39 is 0 Å². The van der Waals surface area contributed by atoms with Gasteiger partial charge in [0.15, 0.2) is 0 Å². The molecule has 2 aromatic rings. The first-order valence-corrected chi connectivity index (χ1v) is 4.37. The Hall–Kier alpha value is -2.24. The number of aromatic nitrogens is 4. The first-order chi connectivity index (χ1) is 7.36. The van der Waals surface area contributed by atoms with E-state index in [0.29, 0.717) is 12.1 Å². The van der Waals surface area contributed by atoms with Crippen LogP contribution in [0.2, 0.25) is 0 Å². The first-order valence-electron chi connectivity index (χ1n) is 4.37. The minimum Gasteiger partial charge on any atom is -0.347 e. The zero-order chi connectivity index (χ0) is 10.5. The number of hydrogen-bond acceptors (Lipinski definition) is 4. The van der Waals surface area contributed by atoms with Gasteiger partial charge in [0.05, 0.1) is 24.1 Å². The highest BCUT2D eigenvalue weighted by atomic mass is 16.1. The third-order valence-corrected chi connectivity index (χ3v) is 1.82. The van der Waals surface area contributed by atoms with Crippen molar-refractivity contribution in [2.75, 3.05) is 0 Å². The number of amides is 1. The molecule has 0 radical (unpaired) electrons. The molecule has 0 aromatic carbocycles. The summed E-state index contributed by atoms with van der Waals surface area (Å²) in [6, 6.07) is 0. The van der Waals surface area contributed by atoms with Crippen LogP contribution in [0.5, 0.6) is 0 Å². The van der Waals surface area contributed by atoms with Crippen LogP contribution in [-0.2, 0) is 6.54 Å². The van der Waals surface area contributed by atoms with E-state index in [4.69, 9.17) is 0 Å². The zero-order valence-electron chi connectivity index (χ0n) is 7.84. The minimum absolute atomic E-state index is 0.204. The van der Waals surface area contributed by atoms with Crippen LogP contribution >= 0.6 is 0 Å². The maximum atomic E-state index is 11.5. The van der Waals surface area contributed by atoms with Gasteiger partial charge in [0.1, 0.15) is 6.33 Å². The molecule has 0 saturated carbocycles. The van der Waals surface area contributed by atoms with Crippen molar-refractivity contribution in [1.29, 1.82) is 0 Å². The van der Waals surface area contributed by atoms with Crippen LogP contribution in [0.25, 0.3) is 0 Å². The van der Waals surface area contributed by atoms with E-state index >= 15 is 0 Å². The van der Waals surface area contributed by atoms with Gasteiger partial charge in [-0.3, -0.25) is 4.79 Å². The Morgan fingerprint density at radius 1 is 1.27 bits per heavy atom. The highest BCUT2D eigenvalue weighted by Crippen LogP contribution is 1.94. The summed E-state index contributed by atoms with van der Waals surface area (Å²) in [5.41, 5.74) is 1.29. The molecule has 0 aliphatic rings. The molecular weight excluding hydrogens is 194 g/mol. The molecule has 0 fully saturated rings. The molecule has 0 saturated heterocycles. The van der Waals surface area contributed by atoms with Crippen molar-refractivity contribution in [3.63, 3.8) is 0 Å². The first kappa shape index (κ1) is 9.32. The van der Waals surface area contributed by atoms with Crippen molar-refractivity contribution < 1.29 is 4.79 Å². The van der Waals surface area contributed by atoms with E-state index in [0.717, 1.165) is 5.69 Å². The van der Waals surface area contributed by atoms with E-state index in [-0.39, 0.29) is 5.91 Å². The Bertz CT molecular complexity index is 425. The van der Waals surface area contributed by atoms with Crippen molar-refractivity contribution in [1.82, 2.24) is 25.3 Å². The van der Waals surface area contributed by atoms with E-state index in [1.165, 1.54) is 18.7 Å². The molecule has 1 amide bonds. The van der Waals surface area contributed by atoms with Gasteiger partial charge in [0, 0.05) is 18.6 Å². The summed E-state index contributed by atoms with van der Waals surface area (Å²) < 4.78 is 0. The van der Waals surface area contributed by atoms with Crippen molar-refractivity contribution >= 4 is 5.91 Å². The number of nitrogens with one attached hydrogen (secondary N) is 2. The van der Waals surface area contributed by atoms with E-state index in [1.54, 1.807) is 12.5 Å². The van der Waals surface area contributed by atoms with Crippen LogP contribution in [0, 0.1) is 0 Å². The number of imidazole rings is 1. The average Bonchev–Trinajstić information content (AvgIpc) is 2.80. The predicted molar refractivity (Wildman–Crippen MR) is 51.8 cm³/mol. The van der Waals surface area contributed by atoms with Crippen LogP contribution < -0.4 is 5.32 Å². The molecule has 15 heavy (non-hydrogen) atoms. The number of rotatable bonds is 3. The van der Waals surface area contributed by atoms with Gasteiger partial charge in [0.25, 0.3) is 5.91 Å². The number of nitrogens with zero attached hydrogens (tertiary/aromatic N) is 3. The molecule has 0 atom stereocenters. The molecule has 2 aromatic heterocycles. The van der Waals surface area contributed by atoms with Gasteiger partial charge >= 0.3 is 0 Å². The fourth-order valence-corrected chi connectivity index (χ4v) is 1.08. The third-order valence-electron chi connectivity index (χ3n) is 1.82. The normalized spacial score (nSPS) is 9.87. The van der Waals surface area contributed by atoms with E-state index in [1.807, 2.05) is 0 Å². The number of carbonyl (C=O) groups is 1. The lowest BCUT2D eigenvalue weighted by atomic mass is 10.3. The fourth-order valence-electron chi connectivity index (χ4n) is 1.08. The monoisotopic (exact) mass is 203 g/mol. The Morgan fingerprint density at radius 2 is 2.07 bits per heavy atom. The number of hydrogen-bond donors (Lipinski definition) is 2. The third kappa shape index (κ3) is 2.37. The standard InChI is InChI=1S/C9H9N5O/c15-9(7-1-10-5-11-2-7)13-4-8-3-12-6-14-8/h1-3,5-6H,4H2,(H,12,14)(H,13,15). The molecule has 6 heteroatoms. The zero-order valence-corrected chi connectivity index (χ0v) is 7.84. The molecule has 2 N–H and O–H groups in total. The molecule has 0 aliphatic heterocycles. The fraction of sp³-hybridized carbons (Fsp3) is 0.111. The van der Waals surface area contributed by atoms with Crippen LogP contribution in [0.1, 0.15) is 16.1 Å². The molecule has 0 unspecified atom stereocenters. The smallest absolute Gasteiger partial charge is 0.254 e. The Balaban J connectivity index is 1.94. The average molecular weight is 203 g/mol. The van der Waals surface area contributed by atoms with Crippen molar-refractivity contribution in [2.45, 2.75) is 6.54 Å². The molecule has 2 heterocycles. The second-order valence-corrected chi connectivity index (χ2v) is 2.89. The summed E-state index contributed by atoms with van der Waals surface area (Å²) in [5.74, 6) is -0.204. The SMILES string of the molecule is O=C(NCc1cnc[nH]1)c1cncnc1. The maximum Gasteiger partial charge on any atom is 0.254 e. The molecule has 0 aliphatic carbocycles. The van der Waals surface area contributed by atoms with Gasteiger partial charge < -0.3 is 10.3 Å². The number of H-pyrrole nitrogens is 1. The predicted octanol–water partition coefficient (Wildman–Crippen LogP) is 0.130. The second-order valence-electron chi connectivity index (χ2n) is 2.89. The lowest BCUT2D eigenvalue weighted by molar-refractivity contribution is 0.0949. The van der Waals surface area contributed by atoms with E-state index in [9.17, 15) is 4.79 Å². The Morgan fingerprint density at radius 3 is 2.73 bits per heavy atom. The van der Waals surface area contributed by atoms with Crippen molar-refractivity contribution in [3.8, 4) is 0 Å². The quantitative estimate of drug-likeness (QED) is 0.742. The summed E-state index contributed by atoms with van der Waals surface area (Å²) in [5, 5.41) is 2.71. The minimum atomic E-state index is -0.204. The largest absolute Gasteiger partial charge is 0.347 e. The molecule has 2 rings (SSSR count). The van der Waals surface area contributed by atoms with Gasteiger partial charge in [-0.25, -0.2) is 15.0 Å². The van der Waals surface area contributed by atoms with Gasteiger partial charge in [-0.05, 0) is 0 Å². The lowest BCUT2D eigenvalue weighted by Gasteiger charge is -2.01. The summed E-state index contributed by atoms with van der Waals surface area (Å²) in [4.78, 5) is 25.8. The van der Waals surface area contributed by atoms with Crippen LogP contribution in [0.15, 0.2) is 31.2 Å². The van der Waals surface area contributed by atoms with Crippen molar-refractivity contribution in [3.05, 3.63) is 42.5 Å². The highest BCUT2D eigenvalue weighted by Gasteiger charge is 2.04. The summed E-state index contributed by atoms with van der Waals surface area (Å²) in [7, 11) is 0. The van der Waals surface area contributed by atoms with Gasteiger partial charge in [-0.15, -0.1) is 0 Å². The second kappa shape index (κ2) is 4.32. The summed E-state index contributed by atoms with van der Waals surface area (Å²) >= 11 is 0. The van der Waals surface area contributed by atoms with Gasteiger partial charge in [-0.2, -0.15) is 0 Å². The van der Waals surface area contributed by atoms with Gasteiger partial charge in [0.2, 0.25) is 0 Å². The molecule has 0 bridgehead atoms. The molecular formula is C9H9N5O. The molecule has 6 nitrogen and oxygen atoms in total. The number of carbonyl (C=O) groups excluding carboxylic acids is 1. The number of aromatic amines is 1.